The van der Waals surface area contributed by atoms with Gasteiger partial charge in [-0.25, -0.2) is 4.79 Å². The first-order chi connectivity index (χ1) is 12.0. The Bertz CT molecular complexity index is 767. The minimum Gasteiger partial charge on any atom is -0.493 e. The molecule has 1 N–H and O–H groups in total. The molecule has 1 fully saturated rings. The van der Waals surface area contributed by atoms with Crippen LogP contribution in [0, 0.1) is 0 Å². The first-order valence-corrected chi connectivity index (χ1v) is 7.43. The summed E-state index contributed by atoms with van der Waals surface area (Å²) in [6.07, 6.45) is 4.39. The maximum atomic E-state index is 12.4. The fourth-order valence-electron chi connectivity index (χ4n) is 2.20. The van der Waals surface area contributed by atoms with Gasteiger partial charge in [0, 0.05) is 6.54 Å². The molecule has 0 aromatic heterocycles. The first kappa shape index (κ1) is 18.0. The van der Waals surface area contributed by atoms with Gasteiger partial charge >= 0.3 is 6.03 Å². The van der Waals surface area contributed by atoms with Gasteiger partial charge in [0.2, 0.25) is 0 Å². The second-order valence-electron chi connectivity index (χ2n) is 5.03. The summed E-state index contributed by atoms with van der Waals surface area (Å²) in [5.41, 5.74) is 0.400. The lowest BCUT2D eigenvalue weighted by molar-refractivity contribution is -0.129. The summed E-state index contributed by atoms with van der Waals surface area (Å²) in [6.45, 7) is 7.39. The highest BCUT2D eigenvalue weighted by Gasteiger charge is 2.34. The summed E-state index contributed by atoms with van der Waals surface area (Å²) >= 11 is 0. The third-order valence-electron chi connectivity index (χ3n) is 3.35. The highest BCUT2D eigenvalue weighted by Crippen LogP contribution is 2.29. The van der Waals surface area contributed by atoms with Crippen LogP contribution in [0.4, 0.5) is 4.79 Å². The molecule has 7 heteroatoms. The number of nitrogens with zero attached hydrogens (tertiary/aromatic N) is 1. The van der Waals surface area contributed by atoms with Gasteiger partial charge in [-0.1, -0.05) is 24.8 Å². The summed E-state index contributed by atoms with van der Waals surface area (Å²) < 4.78 is 10.7. The van der Waals surface area contributed by atoms with Crippen LogP contribution in [-0.4, -0.2) is 43.0 Å². The van der Waals surface area contributed by atoms with Gasteiger partial charge in [0.25, 0.3) is 11.8 Å². The largest absolute Gasteiger partial charge is 0.493 e. The minimum atomic E-state index is -0.766. The standard InChI is InChI=1S/C18H18N2O5/c1-4-8-20-17(22)13(16(21)19-18(20)23)10-12-6-7-14(25-9-5-2)15(11-12)24-3/h4-7,10-11H,1-2,8-9H2,3H3,(H,19,21,23)/b13-10+. The normalized spacial score (nSPS) is 15.8. The number of imide groups is 2. The van der Waals surface area contributed by atoms with Crippen molar-refractivity contribution >= 4 is 23.9 Å². The smallest absolute Gasteiger partial charge is 0.331 e. The van der Waals surface area contributed by atoms with Gasteiger partial charge in [-0.3, -0.25) is 19.8 Å². The molecular formula is C18H18N2O5. The maximum absolute atomic E-state index is 12.4. The minimum absolute atomic E-state index is 0.00688. The summed E-state index contributed by atoms with van der Waals surface area (Å²) in [5, 5.41) is 2.13. The number of rotatable bonds is 7. The van der Waals surface area contributed by atoms with Gasteiger partial charge in [0.1, 0.15) is 12.2 Å². The van der Waals surface area contributed by atoms with Crippen molar-refractivity contribution in [1.82, 2.24) is 10.2 Å². The molecule has 1 saturated heterocycles. The number of hydrogen-bond acceptors (Lipinski definition) is 5. The molecule has 0 aliphatic carbocycles. The van der Waals surface area contributed by atoms with E-state index in [0.717, 1.165) is 4.90 Å². The van der Waals surface area contributed by atoms with E-state index in [2.05, 4.69) is 18.5 Å². The Hall–Kier alpha value is -3.35. The van der Waals surface area contributed by atoms with E-state index in [4.69, 9.17) is 9.47 Å². The lowest BCUT2D eigenvalue weighted by Gasteiger charge is -2.25. The van der Waals surface area contributed by atoms with E-state index >= 15 is 0 Å². The summed E-state index contributed by atoms with van der Waals surface area (Å²) in [5.74, 6) is -0.479. The van der Waals surface area contributed by atoms with Crippen molar-refractivity contribution in [2.24, 2.45) is 0 Å². The van der Waals surface area contributed by atoms with E-state index < -0.39 is 17.8 Å². The van der Waals surface area contributed by atoms with Crippen molar-refractivity contribution in [2.75, 3.05) is 20.3 Å². The van der Waals surface area contributed by atoms with E-state index in [0.29, 0.717) is 23.7 Å². The molecule has 130 valence electrons. The van der Waals surface area contributed by atoms with Gasteiger partial charge in [-0.05, 0) is 23.8 Å². The molecule has 0 unspecified atom stereocenters. The SMILES string of the molecule is C=CCOc1ccc(/C=C2\C(=O)NC(=O)N(CC=C)C2=O)cc1OC. The van der Waals surface area contributed by atoms with Crippen LogP contribution in [0.1, 0.15) is 5.56 Å². The first-order valence-electron chi connectivity index (χ1n) is 7.43. The Morgan fingerprint density at radius 2 is 1.92 bits per heavy atom. The second kappa shape index (κ2) is 7.96. The number of amides is 4. The molecule has 0 atom stereocenters. The van der Waals surface area contributed by atoms with E-state index in [1.54, 1.807) is 24.3 Å². The molecule has 1 aliphatic heterocycles. The molecule has 1 aromatic carbocycles. The molecule has 4 amide bonds. The van der Waals surface area contributed by atoms with E-state index in [1.165, 1.54) is 19.3 Å². The Labute approximate surface area is 145 Å². The number of benzene rings is 1. The zero-order chi connectivity index (χ0) is 18.4. The molecular weight excluding hydrogens is 324 g/mol. The maximum Gasteiger partial charge on any atom is 0.331 e. The van der Waals surface area contributed by atoms with E-state index in [9.17, 15) is 14.4 Å². The van der Waals surface area contributed by atoms with Crippen molar-refractivity contribution in [2.45, 2.75) is 0 Å². The number of carbonyl (C=O) groups excluding carboxylic acids is 3. The highest BCUT2D eigenvalue weighted by atomic mass is 16.5. The molecule has 0 saturated carbocycles. The average Bonchev–Trinajstić information content (AvgIpc) is 2.60. The molecule has 1 aliphatic rings. The van der Waals surface area contributed by atoms with Crippen LogP contribution in [0.15, 0.2) is 49.1 Å². The van der Waals surface area contributed by atoms with Gasteiger partial charge in [0.15, 0.2) is 11.5 Å². The zero-order valence-corrected chi connectivity index (χ0v) is 13.8. The predicted octanol–water partition coefficient (Wildman–Crippen LogP) is 1.91. The number of methoxy groups -OCH3 is 1. The number of nitrogens with one attached hydrogen (secondary N) is 1. The number of hydrogen-bond donors (Lipinski definition) is 1. The van der Waals surface area contributed by atoms with Crippen molar-refractivity contribution in [1.29, 1.82) is 0 Å². The molecule has 0 bridgehead atoms. The third-order valence-corrected chi connectivity index (χ3v) is 3.35. The van der Waals surface area contributed by atoms with Gasteiger partial charge in [-0.15, -0.1) is 6.58 Å². The second-order valence-corrected chi connectivity index (χ2v) is 5.03. The van der Waals surface area contributed by atoms with Crippen LogP contribution in [0.5, 0.6) is 11.5 Å². The molecule has 1 aromatic rings. The number of urea groups is 1. The van der Waals surface area contributed by atoms with Crippen LogP contribution in [0.2, 0.25) is 0 Å². The topological polar surface area (TPSA) is 84.9 Å². The van der Waals surface area contributed by atoms with Gasteiger partial charge in [0.05, 0.1) is 7.11 Å². The number of carbonyl (C=O) groups is 3. The fourth-order valence-corrected chi connectivity index (χ4v) is 2.20. The third kappa shape index (κ3) is 3.95. The monoisotopic (exact) mass is 342 g/mol. The lowest BCUT2D eigenvalue weighted by Crippen LogP contribution is -2.54. The molecule has 0 radical (unpaired) electrons. The quantitative estimate of drug-likeness (QED) is 0.465. The van der Waals surface area contributed by atoms with Crippen molar-refractivity contribution in [3.63, 3.8) is 0 Å². The summed E-state index contributed by atoms with van der Waals surface area (Å²) in [4.78, 5) is 37.0. The van der Waals surface area contributed by atoms with Crippen molar-refractivity contribution < 1.29 is 23.9 Å². The Balaban J connectivity index is 2.35. The van der Waals surface area contributed by atoms with Crippen LogP contribution in [0.3, 0.4) is 0 Å². The average molecular weight is 342 g/mol. The fraction of sp³-hybridized carbons (Fsp3) is 0.167. The Morgan fingerprint density at radius 1 is 1.16 bits per heavy atom. The molecule has 1 heterocycles. The molecule has 0 spiro atoms. The highest BCUT2D eigenvalue weighted by molar-refractivity contribution is 6.31. The lowest BCUT2D eigenvalue weighted by atomic mass is 10.1. The van der Waals surface area contributed by atoms with Crippen molar-refractivity contribution in [3.8, 4) is 11.5 Å². The Morgan fingerprint density at radius 3 is 2.56 bits per heavy atom. The van der Waals surface area contributed by atoms with Crippen LogP contribution in [-0.2, 0) is 9.59 Å². The summed E-state index contributed by atoms with van der Waals surface area (Å²) in [7, 11) is 1.48. The predicted molar refractivity (Wildman–Crippen MR) is 92.1 cm³/mol. The zero-order valence-electron chi connectivity index (χ0n) is 13.8. The van der Waals surface area contributed by atoms with Crippen LogP contribution in [0.25, 0.3) is 6.08 Å². The molecule has 7 nitrogen and oxygen atoms in total. The number of ether oxygens (including phenoxy) is 2. The van der Waals surface area contributed by atoms with Crippen LogP contribution >= 0.6 is 0 Å². The Kier molecular flexibility index (Phi) is 5.73. The van der Waals surface area contributed by atoms with E-state index in [1.807, 2.05) is 0 Å². The van der Waals surface area contributed by atoms with Gasteiger partial charge < -0.3 is 9.47 Å². The summed E-state index contributed by atoms with van der Waals surface area (Å²) in [6, 6.07) is 4.19. The van der Waals surface area contributed by atoms with Crippen LogP contribution < -0.4 is 14.8 Å². The van der Waals surface area contributed by atoms with Gasteiger partial charge in [-0.2, -0.15) is 0 Å². The number of barbiturate groups is 1. The van der Waals surface area contributed by atoms with Crippen molar-refractivity contribution in [3.05, 3.63) is 54.6 Å². The van der Waals surface area contributed by atoms with E-state index in [-0.39, 0.29) is 12.1 Å². The molecule has 2 rings (SSSR count). The molecule has 25 heavy (non-hydrogen) atoms.